The van der Waals surface area contributed by atoms with E-state index in [0.29, 0.717) is 12.2 Å². The van der Waals surface area contributed by atoms with E-state index in [1.807, 2.05) is 25.1 Å². The molecule has 0 aromatic heterocycles. The Morgan fingerprint density at radius 2 is 2.26 bits per heavy atom. The number of nitriles is 1. The van der Waals surface area contributed by atoms with Crippen molar-refractivity contribution in [1.82, 2.24) is 0 Å². The Morgan fingerprint density at radius 1 is 1.47 bits per heavy atom. The third-order valence-corrected chi connectivity index (χ3v) is 3.61. The van der Waals surface area contributed by atoms with E-state index in [4.69, 9.17) is 9.47 Å². The van der Waals surface area contributed by atoms with Crippen LogP contribution in [0.15, 0.2) is 36.4 Å². The zero-order valence-corrected chi connectivity index (χ0v) is 10.5. The molecule has 4 heteroatoms. The first-order chi connectivity index (χ1) is 9.23. The Labute approximate surface area is 111 Å². The van der Waals surface area contributed by atoms with Crippen molar-refractivity contribution in [3.63, 3.8) is 0 Å². The summed E-state index contributed by atoms with van der Waals surface area (Å²) in [5.41, 5.74) is 0.518. The SMILES string of the molecule is CCO[C@@H]1OC2(C=CC(=O)c3ccccc32)[C@@H]1C#N. The van der Waals surface area contributed by atoms with Crippen LogP contribution in [-0.4, -0.2) is 18.7 Å². The molecule has 0 saturated carbocycles. The minimum absolute atomic E-state index is 0.0543. The number of allylic oxidation sites excluding steroid dienone is 1. The lowest BCUT2D eigenvalue weighted by atomic mass is 9.71. The first-order valence-electron chi connectivity index (χ1n) is 6.25. The highest BCUT2D eigenvalue weighted by atomic mass is 16.7. The topological polar surface area (TPSA) is 59.3 Å². The van der Waals surface area contributed by atoms with Gasteiger partial charge in [0, 0.05) is 17.7 Å². The van der Waals surface area contributed by atoms with Gasteiger partial charge in [-0.05, 0) is 19.1 Å². The number of benzene rings is 1. The van der Waals surface area contributed by atoms with Crippen LogP contribution in [0.2, 0.25) is 0 Å². The van der Waals surface area contributed by atoms with Crippen LogP contribution in [0.5, 0.6) is 0 Å². The molecule has 1 unspecified atom stereocenters. The smallest absolute Gasteiger partial charge is 0.186 e. The van der Waals surface area contributed by atoms with Crippen LogP contribution in [0.25, 0.3) is 0 Å². The van der Waals surface area contributed by atoms with Gasteiger partial charge in [-0.15, -0.1) is 0 Å². The molecule has 0 bridgehead atoms. The van der Waals surface area contributed by atoms with E-state index in [0.717, 1.165) is 5.56 Å². The molecule has 96 valence electrons. The second kappa shape index (κ2) is 4.30. The average molecular weight is 255 g/mol. The second-order valence-corrected chi connectivity index (χ2v) is 4.58. The lowest BCUT2D eigenvalue weighted by Crippen LogP contribution is -2.58. The van der Waals surface area contributed by atoms with Crippen molar-refractivity contribution in [3.8, 4) is 6.07 Å². The number of nitrogens with zero attached hydrogens (tertiary/aromatic N) is 1. The number of carbonyl (C=O) groups is 1. The molecule has 3 rings (SSSR count). The summed E-state index contributed by atoms with van der Waals surface area (Å²) in [6.07, 6.45) is 2.64. The van der Waals surface area contributed by atoms with Gasteiger partial charge in [-0.2, -0.15) is 5.26 Å². The van der Waals surface area contributed by atoms with E-state index < -0.39 is 17.8 Å². The molecule has 4 nitrogen and oxygen atoms in total. The molecule has 1 aromatic rings. The van der Waals surface area contributed by atoms with Gasteiger partial charge >= 0.3 is 0 Å². The largest absolute Gasteiger partial charge is 0.351 e. The third-order valence-electron chi connectivity index (χ3n) is 3.61. The van der Waals surface area contributed by atoms with Gasteiger partial charge in [0.25, 0.3) is 0 Å². The molecule has 1 fully saturated rings. The summed E-state index contributed by atoms with van der Waals surface area (Å²) in [5, 5.41) is 9.36. The van der Waals surface area contributed by atoms with E-state index in [1.54, 1.807) is 12.1 Å². The van der Waals surface area contributed by atoms with Gasteiger partial charge < -0.3 is 9.47 Å². The van der Waals surface area contributed by atoms with E-state index in [1.165, 1.54) is 6.08 Å². The van der Waals surface area contributed by atoms with Gasteiger partial charge in [0.1, 0.15) is 11.5 Å². The number of carbonyl (C=O) groups excluding carboxylic acids is 1. The fourth-order valence-electron chi connectivity index (χ4n) is 2.71. The van der Waals surface area contributed by atoms with Crippen molar-refractivity contribution in [3.05, 3.63) is 47.5 Å². The van der Waals surface area contributed by atoms with Gasteiger partial charge in [0.2, 0.25) is 0 Å². The maximum atomic E-state index is 11.9. The molecule has 2 aliphatic rings. The fourth-order valence-corrected chi connectivity index (χ4v) is 2.71. The third kappa shape index (κ3) is 1.56. The van der Waals surface area contributed by atoms with Crippen molar-refractivity contribution in [2.75, 3.05) is 6.61 Å². The van der Waals surface area contributed by atoms with Crippen LogP contribution in [-0.2, 0) is 15.1 Å². The maximum absolute atomic E-state index is 11.9. The van der Waals surface area contributed by atoms with E-state index in [9.17, 15) is 10.1 Å². The van der Waals surface area contributed by atoms with Crippen molar-refractivity contribution in [2.24, 2.45) is 5.92 Å². The van der Waals surface area contributed by atoms with Gasteiger partial charge in [0.05, 0.1) is 6.07 Å². The van der Waals surface area contributed by atoms with Crippen molar-refractivity contribution < 1.29 is 14.3 Å². The molecule has 1 heterocycles. The van der Waals surface area contributed by atoms with Gasteiger partial charge in [-0.3, -0.25) is 4.79 Å². The summed E-state index contributed by atoms with van der Waals surface area (Å²) in [5.74, 6) is -0.487. The molecule has 1 aromatic carbocycles. The summed E-state index contributed by atoms with van der Waals surface area (Å²) in [7, 11) is 0. The summed E-state index contributed by atoms with van der Waals surface area (Å²) in [6, 6.07) is 9.49. The zero-order valence-electron chi connectivity index (χ0n) is 10.5. The van der Waals surface area contributed by atoms with Crippen LogP contribution in [0.3, 0.4) is 0 Å². The first-order valence-corrected chi connectivity index (χ1v) is 6.25. The molecule has 1 spiro atoms. The summed E-state index contributed by atoms with van der Waals surface area (Å²) < 4.78 is 11.2. The van der Waals surface area contributed by atoms with Crippen molar-refractivity contribution >= 4 is 5.78 Å². The van der Waals surface area contributed by atoms with Crippen molar-refractivity contribution in [1.29, 1.82) is 5.26 Å². The molecule has 0 radical (unpaired) electrons. The Balaban J connectivity index is 2.05. The average Bonchev–Trinajstić information content (AvgIpc) is 2.42. The highest BCUT2D eigenvalue weighted by Gasteiger charge is 2.58. The molecule has 0 N–H and O–H groups in total. The lowest BCUT2D eigenvalue weighted by molar-refractivity contribution is -0.325. The quantitative estimate of drug-likeness (QED) is 0.812. The predicted molar refractivity (Wildman–Crippen MR) is 67.2 cm³/mol. The fraction of sp³-hybridized carbons (Fsp3) is 0.333. The molecule has 0 amide bonds. The normalized spacial score (nSPS) is 31.7. The molecule has 3 atom stereocenters. The lowest BCUT2D eigenvalue weighted by Gasteiger charge is -2.51. The Hall–Kier alpha value is -1.96. The maximum Gasteiger partial charge on any atom is 0.186 e. The summed E-state index contributed by atoms with van der Waals surface area (Å²) >= 11 is 0. The minimum Gasteiger partial charge on any atom is -0.351 e. The van der Waals surface area contributed by atoms with Crippen molar-refractivity contribution in [2.45, 2.75) is 18.8 Å². The van der Waals surface area contributed by atoms with Crippen LogP contribution in [0.4, 0.5) is 0 Å². The molecular weight excluding hydrogens is 242 g/mol. The van der Waals surface area contributed by atoms with E-state index >= 15 is 0 Å². The number of ketones is 1. The van der Waals surface area contributed by atoms with E-state index in [2.05, 4.69) is 6.07 Å². The standard InChI is InChI=1S/C15H13NO3/c1-2-18-14-12(9-16)15(19-14)8-7-13(17)10-5-3-4-6-11(10)15/h3-8,12,14H,2H2,1H3/t12-,14-,15?/m1/s1. The number of fused-ring (bicyclic) bond motifs is 2. The van der Waals surface area contributed by atoms with Crippen LogP contribution in [0, 0.1) is 17.2 Å². The Bertz CT molecular complexity index is 602. The molecule has 1 saturated heterocycles. The van der Waals surface area contributed by atoms with Gasteiger partial charge in [-0.25, -0.2) is 0 Å². The van der Waals surface area contributed by atoms with E-state index in [-0.39, 0.29) is 5.78 Å². The molecular formula is C15H13NO3. The predicted octanol–water partition coefficient (Wildman–Crippen LogP) is 2.17. The number of ether oxygens (including phenoxy) is 2. The summed E-state index contributed by atoms with van der Waals surface area (Å²) in [6.45, 7) is 2.35. The Kier molecular flexibility index (Phi) is 2.74. The zero-order chi connectivity index (χ0) is 13.5. The number of hydrogen-bond acceptors (Lipinski definition) is 4. The van der Waals surface area contributed by atoms with Crippen LogP contribution >= 0.6 is 0 Å². The summed E-state index contributed by atoms with van der Waals surface area (Å²) in [4.78, 5) is 11.9. The van der Waals surface area contributed by atoms with Gasteiger partial charge in [0.15, 0.2) is 12.1 Å². The van der Waals surface area contributed by atoms with Gasteiger partial charge in [-0.1, -0.05) is 24.3 Å². The number of hydrogen-bond donors (Lipinski definition) is 0. The Morgan fingerprint density at radius 3 is 3.00 bits per heavy atom. The first kappa shape index (κ1) is 12.1. The highest BCUT2D eigenvalue weighted by Crippen LogP contribution is 2.51. The minimum atomic E-state index is -0.834. The van der Waals surface area contributed by atoms with Crippen LogP contribution in [0.1, 0.15) is 22.8 Å². The monoisotopic (exact) mass is 255 g/mol. The second-order valence-electron chi connectivity index (χ2n) is 4.58. The van der Waals surface area contributed by atoms with Crippen LogP contribution < -0.4 is 0 Å². The number of rotatable bonds is 2. The molecule has 19 heavy (non-hydrogen) atoms. The molecule has 1 aliphatic carbocycles. The molecule has 1 aliphatic heterocycles. The highest BCUT2D eigenvalue weighted by molar-refractivity contribution is 6.07.